The van der Waals surface area contributed by atoms with Crippen LogP contribution in [0.25, 0.3) is 11.1 Å². The van der Waals surface area contributed by atoms with Crippen molar-refractivity contribution in [2.45, 2.75) is 0 Å². The highest BCUT2D eigenvalue weighted by Gasteiger charge is 2.22. The van der Waals surface area contributed by atoms with Gasteiger partial charge in [-0.15, -0.1) is 0 Å². The van der Waals surface area contributed by atoms with E-state index in [0.29, 0.717) is 29.9 Å². The number of carbonyl (C=O) groups is 1. The van der Waals surface area contributed by atoms with Crippen molar-refractivity contribution in [3.8, 4) is 11.1 Å². The van der Waals surface area contributed by atoms with Crippen molar-refractivity contribution in [3.63, 3.8) is 0 Å². The van der Waals surface area contributed by atoms with Crippen LogP contribution in [0, 0.1) is 11.6 Å². The summed E-state index contributed by atoms with van der Waals surface area (Å²) in [5.74, 6) is -1.48. The quantitative estimate of drug-likeness (QED) is 0.660. The first kappa shape index (κ1) is 21.0. The molecule has 8 heteroatoms. The number of anilines is 2. The van der Waals surface area contributed by atoms with Crippen LogP contribution in [0.1, 0.15) is 10.4 Å². The van der Waals surface area contributed by atoms with Gasteiger partial charge in [-0.05, 0) is 53.6 Å². The lowest BCUT2D eigenvalue weighted by molar-refractivity contribution is 0.102. The number of carbonyl (C=O) groups excluding carboxylic acids is 1. The van der Waals surface area contributed by atoms with Crippen LogP contribution in [0.5, 0.6) is 0 Å². The molecule has 0 saturated carbocycles. The second-order valence-corrected chi connectivity index (χ2v) is 9.65. The minimum atomic E-state index is -2.99. The van der Waals surface area contributed by atoms with Gasteiger partial charge in [0, 0.05) is 24.5 Å². The molecule has 1 aliphatic rings. The van der Waals surface area contributed by atoms with Crippen LogP contribution in [0.15, 0.2) is 66.7 Å². The second kappa shape index (κ2) is 8.47. The Morgan fingerprint density at radius 2 is 1.55 bits per heavy atom. The molecule has 1 saturated heterocycles. The van der Waals surface area contributed by atoms with Gasteiger partial charge in [-0.2, -0.15) is 0 Å². The molecule has 1 heterocycles. The van der Waals surface area contributed by atoms with Crippen molar-refractivity contribution < 1.29 is 22.0 Å². The molecular weight excluding hydrogens is 422 g/mol. The molecule has 4 rings (SSSR count). The fourth-order valence-corrected chi connectivity index (χ4v) is 4.67. The predicted octanol–water partition coefficient (Wildman–Crippen LogP) is 4.12. The van der Waals surface area contributed by atoms with Crippen LogP contribution in [-0.4, -0.2) is 38.9 Å². The first-order valence-electron chi connectivity index (χ1n) is 9.73. The molecule has 0 aliphatic carbocycles. The van der Waals surface area contributed by atoms with Crippen LogP contribution in [-0.2, 0) is 9.84 Å². The molecule has 1 fully saturated rings. The number of amides is 1. The van der Waals surface area contributed by atoms with Gasteiger partial charge in [0.2, 0.25) is 0 Å². The Hall–Kier alpha value is -3.26. The first-order chi connectivity index (χ1) is 14.8. The zero-order valence-electron chi connectivity index (χ0n) is 16.5. The molecule has 3 aromatic carbocycles. The highest BCUT2D eigenvalue weighted by atomic mass is 32.2. The van der Waals surface area contributed by atoms with Gasteiger partial charge in [0.05, 0.1) is 17.1 Å². The van der Waals surface area contributed by atoms with E-state index in [4.69, 9.17) is 0 Å². The van der Waals surface area contributed by atoms with Crippen LogP contribution >= 0.6 is 0 Å². The first-order valence-corrected chi connectivity index (χ1v) is 11.6. The molecule has 160 valence electrons. The summed E-state index contributed by atoms with van der Waals surface area (Å²) in [6.07, 6.45) is 0. The Morgan fingerprint density at radius 3 is 2.23 bits per heavy atom. The number of nitrogens with zero attached hydrogens (tertiary/aromatic N) is 1. The summed E-state index contributed by atoms with van der Waals surface area (Å²) in [6.45, 7) is 0.776. The fourth-order valence-electron chi connectivity index (χ4n) is 3.47. The van der Waals surface area contributed by atoms with Crippen LogP contribution in [0.2, 0.25) is 0 Å². The Balaban J connectivity index is 1.49. The van der Waals surface area contributed by atoms with Crippen molar-refractivity contribution >= 4 is 27.1 Å². The fraction of sp³-hybridized carbons (Fsp3) is 0.174. The van der Waals surface area contributed by atoms with Crippen LogP contribution < -0.4 is 10.2 Å². The average Bonchev–Trinajstić information content (AvgIpc) is 2.74. The third-order valence-corrected chi connectivity index (χ3v) is 6.81. The Labute approximate surface area is 179 Å². The van der Waals surface area contributed by atoms with Gasteiger partial charge < -0.3 is 10.2 Å². The molecule has 0 unspecified atom stereocenters. The van der Waals surface area contributed by atoms with Gasteiger partial charge in [-0.25, -0.2) is 17.2 Å². The van der Waals surface area contributed by atoms with Crippen LogP contribution in [0.4, 0.5) is 20.2 Å². The molecule has 1 N–H and O–H groups in total. The number of rotatable bonds is 4. The average molecular weight is 442 g/mol. The van der Waals surface area contributed by atoms with Gasteiger partial charge in [0.1, 0.15) is 11.6 Å². The summed E-state index contributed by atoms with van der Waals surface area (Å²) in [6, 6.07) is 16.9. The highest BCUT2D eigenvalue weighted by Crippen LogP contribution is 2.25. The highest BCUT2D eigenvalue weighted by molar-refractivity contribution is 7.91. The second-order valence-electron chi connectivity index (χ2n) is 7.34. The summed E-state index contributed by atoms with van der Waals surface area (Å²) in [5.41, 5.74) is 2.35. The number of nitrogens with one attached hydrogen (secondary N) is 1. The third kappa shape index (κ3) is 4.91. The van der Waals surface area contributed by atoms with Gasteiger partial charge in [-0.1, -0.05) is 24.3 Å². The van der Waals surface area contributed by atoms with E-state index in [-0.39, 0.29) is 22.9 Å². The van der Waals surface area contributed by atoms with E-state index in [2.05, 4.69) is 5.32 Å². The summed E-state index contributed by atoms with van der Waals surface area (Å²) in [5, 5.41) is 2.69. The van der Waals surface area contributed by atoms with Crippen molar-refractivity contribution in [1.29, 1.82) is 0 Å². The SMILES string of the molecule is O=C(Nc1cccc(N2CCS(=O)(=O)CC2)c1)c1ccc(-c2ccc(F)cc2)cc1F. The van der Waals surface area contributed by atoms with Gasteiger partial charge in [0.15, 0.2) is 9.84 Å². The maximum Gasteiger partial charge on any atom is 0.258 e. The molecule has 0 aromatic heterocycles. The number of hydrogen-bond acceptors (Lipinski definition) is 4. The number of sulfone groups is 1. The number of benzene rings is 3. The lowest BCUT2D eigenvalue weighted by atomic mass is 10.0. The summed E-state index contributed by atoms with van der Waals surface area (Å²) in [7, 11) is -2.99. The van der Waals surface area contributed by atoms with E-state index in [0.717, 1.165) is 5.69 Å². The molecular formula is C23H20F2N2O3S. The zero-order valence-corrected chi connectivity index (χ0v) is 17.3. The van der Waals surface area contributed by atoms with Gasteiger partial charge in [0.25, 0.3) is 5.91 Å². The molecule has 0 spiro atoms. The van der Waals surface area contributed by atoms with E-state index in [1.54, 1.807) is 36.4 Å². The standard InChI is InChI=1S/C23H20F2N2O3S/c24-18-7-4-16(5-8-18)17-6-9-21(22(25)14-17)23(28)26-19-2-1-3-20(15-19)27-10-12-31(29,30)13-11-27/h1-9,14-15H,10-13H2,(H,26,28). The van der Waals surface area contributed by atoms with Crippen LogP contribution in [0.3, 0.4) is 0 Å². The Morgan fingerprint density at radius 1 is 0.871 bits per heavy atom. The maximum atomic E-state index is 14.6. The number of hydrogen-bond donors (Lipinski definition) is 1. The summed E-state index contributed by atoms with van der Waals surface area (Å²) < 4.78 is 50.9. The monoisotopic (exact) mass is 442 g/mol. The molecule has 5 nitrogen and oxygen atoms in total. The van der Waals surface area contributed by atoms with E-state index >= 15 is 0 Å². The largest absolute Gasteiger partial charge is 0.369 e. The van der Waals surface area contributed by atoms with E-state index in [9.17, 15) is 22.0 Å². The lowest BCUT2D eigenvalue weighted by Crippen LogP contribution is -2.40. The minimum absolute atomic E-state index is 0.0925. The Kier molecular flexibility index (Phi) is 5.73. The molecule has 3 aromatic rings. The zero-order chi connectivity index (χ0) is 22.0. The third-order valence-electron chi connectivity index (χ3n) is 5.20. The van der Waals surface area contributed by atoms with Gasteiger partial charge in [-0.3, -0.25) is 4.79 Å². The molecule has 1 amide bonds. The lowest BCUT2D eigenvalue weighted by Gasteiger charge is -2.29. The van der Waals surface area contributed by atoms with Crippen molar-refractivity contribution in [2.24, 2.45) is 0 Å². The van der Waals surface area contributed by atoms with E-state index < -0.39 is 21.6 Å². The van der Waals surface area contributed by atoms with E-state index in [1.807, 2.05) is 11.0 Å². The minimum Gasteiger partial charge on any atom is -0.369 e. The molecule has 1 aliphatic heterocycles. The number of halogens is 2. The molecule has 0 radical (unpaired) electrons. The normalized spacial score (nSPS) is 15.5. The van der Waals surface area contributed by atoms with Gasteiger partial charge >= 0.3 is 0 Å². The molecule has 0 atom stereocenters. The smallest absolute Gasteiger partial charge is 0.258 e. The molecule has 0 bridgehead atoms. The van der Waals surface area contributed by atoms with E-state index in [1.165, 1.54) is 24.3 Å². The van der Waals surface area contributed by atoms with Crippen molar-refractivity contribution in [3.05, 3.63) is 83.9 Å². The summed E-state index contributed by atoms with van der Waals surface area (Å²) >= 11 is 0. The topological polar surface area (TPSA) is 66.5 Å². The Bertz CT molecular complexity index is 1210. The van der Waals surface area contributed by atoms with Crippen molar-refractivity contribution in [2.75, 3.05) is 34.8 Å². The summed E-state index contributed by atoms with van der Waals surface area (Å²) in [4.78, 5) is 14.5. The molecule has 31 heavy (non-hydrogen) atoms. The van der Waals surface area contributed by atoms with Crippen molar-refractivity contribution in [1.82, 2.24) is 0 Å². The maximum absolute atomic E-state index is 14.6. The predicted molar refractivity (Wildman–Crippen MR) is 117 cm³/mol.